The number of carboxylic acid groups (broad SMARTS) is 1. The summed E-state index contributed by atoms with van der Waals surface area (Å²) in [6, 6.07) is 8.26. The normalized spacial score (nSPS) is 12.7. The zero-order chi connectivity index (χ0) is 41.2. The Morgan fingerprint density at radius 1 is 0.895 bits per heavy atom. The van der Waals surface area contributed by atoms with Gasteiger partial charge < -0.3 is 43.6 Å². The number of aromatic nitrogens is 8. The maximum Gasteiger partial charge on any atom is 0.326 e. The predicted octanol–water partition coefficient (Wildman–Crippen LogP) is 0.369. The van der Waals surface area contributed by atoms with E-state index in [-0.39, 0.29) is 59.6 Å². The highest BCUT2D eigenvalue weighted by molar-refractivity contribution is 6.03. The van der Waals surface area contributed by atoms with Gasteiger partial charge in [-0.05, 0) is 79.6 Å². The van der Waals surface area contributed by atoms with Gasteiger partial charge in [-0.15, -0.1) is 10.2 Å². The molecule has 0 unspecified atom stereocenters. The first-order valence-corrected chi connectivity index (χ1v) is 17.9. The van der Waals surface area contributed by atoms with Gasteiger partial charge >= 0.3 is 5.97 Å². The van der Waals surface area contributed by atoms with Crippen molar-refractivity contribution in [3.05, 3.63) is 71.0 Å². The number of H-pyrrole nitrogens is 1. The summed E-state index contributed by atoms with van der Waals surface area (Å²) in [5.74, 6) is -3.21. The van der Waals surface area contributed by atoms with Crippen LogP contribution in [0.15, 0.2) is 48.7 Å². The third-order valence-electron chi connectivity index (χ3n) is 8.84. The smallest absolute Gasteiger partial charge is 0.326 e. The van der Waals surface area contributed by atoms with E-state index >= 15 is 0 Å². The van der Waals surface area contributed by atoms with E-state index in [0.717, 1.165) is 5.56 Å². The van der Waals surface area contributed by atoms with Crippen LogP contribution < -0.4 is 38.5 Å². The second-order valence-corrected chi connectivity index (χ2v) is 13.4. The molecule has 0 fully saturated rings. The summed E-state index contributed by atoms with van der Waals surface area (Å²) in [5, 5.41) is 34.2. The van der Waals surface area contributed by atoms with Gasteiger partial charge in [-0.25, -0.2) is 14.8 Å². The van der Waals surface area contributed by atoms with Crippen LogP contribution in [0, 0.1) is 5.92 Å². The van der Waals surface area contributed by atoms with Crippen molar-refractivity contribution < 1.29 is 29.1 Å². The van der Waals surface area contributed by atoms with E-state index in [9.17, 15) is 29.1 Å². The molecule has 0 aliphatic heterocycles. The zero-order valence-electron chi connectivity index (χ0n) is 31.3. The largest absolute Gasteiger partial charge is 0.480 e. The number of carboxylic acids is 1. The van der Waals surface area contributed by atoms with Crippen molar-refractivity contribution in [1.29, 1.82) is 0 Å². The third kappa shape index (κ3) is 10.7. The number of amides is 4. The Morgan fingerprint density at radius 2 is 1.65 bits per heavy atom. The number of nitrogens with two attached hydrogens (primary N) is 3. The first-order chi connectivity index (χ1) is 27.2. The molecule has 0 saturated heterocycles. The molecule has 21 heteroatoms. The Labute approximate surface area is 325 Å². The lowest BCUT2D eigenvalue weighted by Crippen LogP contribution is -2.50. The highest BCUT2D eigenvalue weighted by Crippen LogP contribution is 2.24. The number of carbonyl (C=O) groups is 5. The number of nitrogens with zero attached hydrogens (tertiary/aromatic N) is 7. The average molecular weight is 782 g/mol. The summed E-state index contributed by atoms with van der Waals surface area (Å²) in [5.41, 5.74) is 20.6. The van der Waals surface area contributed by atoms with E-state index in [1.807, 2.05) is 0 Å². The molecular weight excluding hydrogens is 738 g/mol. The van der Waals surface area contributed by atoms with E-state index in [0.29, 0.717) is 35.4 Å². The summed E-state index contributed by atoms with van der Waals surface area (Å²) in [4.78, 5) is 80.1. The zero-order valence-corrected chi connectivity index (χ0v) is 31.3. The third-order valence-corrected chi connectivity index (χ3v) is 8.84. The molecule has 2 aromatic carbocycles. The van der Waals surface area contributed by atoms with Crippen molar-refractivity contribution in [3.8, 4) is 11.4 Å². The fourth-order valence-corrected chi connectivity index (χ4v) is 5.51. The molecule has 0 bridgehead atoms. The maximum absolute atomic E-state index is 13.3. The predicted molar refractivity (Wildman–Crippen MR) is 207 cm³/mol. The summed E-state index contributed by atoms with van der Waals surface area (Å²) >= 11 is 0. The van der Waals surface area contributed by atoms with E-state index in [4.69, 9.17) is 17.2 Å². The monoisotopic (exact) mass is 781 g/mol. The second-order valence-electron chi connectivity index (χ2n) is 13.4. The van der Waals surface area contributed by atoms with Gasteiger partial charge in [0.15, 0.2) is 17.0 Å². The Morgan fingerprint density at radius 3 is 2.33 bits per heavy atom. The van der Waals surface area contributed by atoms with Crippen LogP contribution >= 0.6 is 0 Å². The van der Waals surface area contributed by atoms with Crippen LogP contribution in [0.25, 0.3) is 22.6 Å². The number of nitrogen functional groups attached to an aromatic ring is 2. The fraction of sp³-hybridized carbons (Fsp3) is 0.333. The van der Waals surface area contributed by atoms with Gasteiger partial charge in [0.2, 0.25) is 23.6 Å². The molecule has 0 radical (unpaired) electrons. The molecule has 298 valence electrons. The van der Waals surface area contributed by atoms with Crippen LogP contribution in [-0.4, -0.2) is 99.9 Å². The standard InChI is InChI=1S/C36H43N15O6/c1-17(2)26(37)34(55)42-18(3)31(52)44-21-12-13-23(24(15-21)29-48-50-51-49-29)33(54)40-14-4-5-25(35(56)57)45-32(53)20-9-6-19(7-10-20)8-11-22-16-41-30-27(43-22)28(38)46-36(39)47-30/h6-7,9-10,12-13,15-18,25-26H,4-5,8,11,14,37H2,1-3H3,(H,40,54)(H,42,55)(H,44,52)(H,45,53)(H,56,57)(H,48,49,50,51)(H4,38,39,41,46,47)/t18-,25-,26-/m0/s1. The van der Waals surface area contributed by atoms with Crippen molar-refractivity contribution in [1.82, 2.24) is 56.5 Å². The molecule has 12 N–H and O–H groups in total. The minimum absolute atomic E-state index is 0.0106. The minimum atomic E-state index is -1.23. The minimum Gasteiger partial charge on any atom is -0.480 e. The van der Waals surface area contributed by atoms with Crippen LogP contribution in [0.2, 0.25) is 0 Å². The number of aromatic amines is 1. The number of fused-ring (bicyclic) bond motifs is 1. The molecule has 4 amide bonds. The number of tetrazole rings is 1. The van der Waals surface area contributed by atoms with E-state index in [2.05, 4.69) is 61.8 Å². The van der Waals surface area contributed by atoms with Crippen molar-refractivity contribution in [2.24, 2.45) is 11.7 Å². The number of hydrogen-bond acceptors (Lipinski definition) is 15. The quantitative estimate of drug-likeness (QED) is 0.0575. The molecule has 21 nitrogen and oxygen atoms in total. The summed E-state index contributed by atoms with van der Waals surface area (Å²) in [7, 11) is 0. The molecule has 5 aromatic rings. The number of rotatable bonds is 17. The van der Waals surface area contributed by atoms with Crippen LogP contribution in [0.1, 0.15) is 65.6 Å². The highest BCUT2D eigenvalue weighted by atomic mass is 16.4. The lowest BCUT2D eigenvalue weighted by atomic mass is 10.0. The van der Waals surface area contributed by atoms with Crippen molar-refractivity contribution in [3.63, 3.8) is 0 Å². The number of aliphatic carboxylic acids is 1. The molecule has 3 aromatic heterocycles. The fourth-order valence-electron chi connectivity index (χ4n) is 5.51. The molecule has 0 aliphatic carbocycles. The number of anilines is 3. The molecule has 0 spiro atoms. The molecule has 3 heterocycles. The van der Waals surface area contributed by atoms with Crippen molar-refractivity contribution >= 4 is 58.2 Å². The Bertz CT molecular complexity index is 2250. The maximum atomic E-state index is 13.3. The van der Waals surface area contributed by atoms with Gasteiger partial charge in [-0.1, -0.05) is 26.0 Å². The first kappa shape index (κ1) is 41.0. The number of carbonyl (C=O) groups excluding carboxylic acids is 4. The van der Waals surface area contributed by atoms with Crippen molar-refractivity contribution in [2.45, 2.75) is 64.6 Å². The Balaban J connectivity index is 1.12. The van der Waals surface area contributed by atoms with Gasteiger partial charge in [-0.2, -0.15) is 15.2 Å². The van der Waals surface area contributed by atoms with Crippen LogP contribution in [0.4, 0.5) is 17.5 Å². The number of benzene rings is 2. The molecular formula is C36H43N15O6. The number of hydrogen-bond donors (Lipinski definition) is 9. The topological polar surface area (TPSA) is 338 Å². The SMILES string of the molecule is CC(C)[C@H](N)C(=O)N[C@@H](C)C(=O)Nc1ccc(C(=O)NCCC[C@H](NC(=O)c2ccc(CCc3cnc4nc(N)nc(N)c4n3)cc2)C(=O)O)c(-c2nn[nH]n2)c1. The van der Waals surface area contributed by atoms with Gasteiger partial charge in [0.05, 0.1) is 23.5 Å². The molecule has 57 heavy (non-hydrogen) atoms. The molecule has 3 atom stereocenters. The molecule has 0 saturated carbocycles. The summed E-state index contributed by atoms with van der Waals surface area (Å²) in [6.07, 6.45) is 2.91. The molecule has 5 rings (SSSR count). The lowest BCUT2D eigenvalue weighted by Gasteiger charge is -2.19. The van der Waals surface area contributed by atoms with Crippen LogP contribution in [0.5, 0.6) is 0 Å². The van der Waals surface area contributed by atoms with Gasteiger partial charge in [-0.3, -0.25) is 19.2 Å². The summed E-state index contributed by atoms with van der Waals surface area (Å²) in [6.45, 7) is 5.17. The van der Waals surface area contributed by atoms with Gasteiger partial charge in [0.25, 0.3) is 11.8 Å². The van der Waals surface area contributed by atoms with E-state index in [1.165, 1.54) is 25.1 Å². The Hall–Kier alpha value is -7.16. The number of nitrogens with one attached hydrogen (secondary N) is 5. The van der Waals surface area contributed by atoms with Gasteiger partial charge in [0, 0.05) is 23.4 Å². The number of aryl methyl sites for hydroxylation is 2. The first-order valence-electron chi connectivity index (χ1n) is 17.9. The van der Waals surface area contributed by atoms with Crippen LogP contribution in [0.3, 0.4) is 0 Å². The Kier molecular flexibility index (Phi) is 13.3. The second kappa shape index (κ2) is 18.4. The average Bonchev–Trinajstić information content (AvgIpc) is 3.73. The van der Waals surface area contributed by atoms with E-state index in [1.54, 1.807) is 44.3 Å². The van der Waals surface area contributed by atoms with Gasteiger partial charge in [0.1, 0.15) is 12.1 Å². The molecule has 0 aliphatic rings. The van der Waals surface area contributed by atoms with Crippen molar-refractivity contribution in [2.75, 3.05) is 23.3 Å². The highest BCUT2D eigenvalue weighted by Gasteiger charge is 2.24. The lowest BCUT2D eigenvalue weighted by molar-refractivity contribution is -0.139. The summed E-state index contributed by atoms with van der Waals surface area (Å²) < 4.78 is 0. The van der Waals surface area contributed by atoms with Crippen LogP contribution in [-0.2, 0) is 27.2 Å². The van der Waals surface area contributed by atoms with E-state index < -0.39 is 47.7 Å².